The standard InChI is InChI=1S/C15H21N3O2/c1-5-12(19)15-16-14(10(2)3)17-18(15)11-8-6-7-9-13(11)20-4/h6-10,12,19H,5H2,1-4H3. The number of rotatable bonds is 5. The molecule has 1 N–H and O–H groups in total. The zero-order chi connectivity index (χ0) is 14.7. The van der Waals surface area contributed by atoms with Crippen molar-refractivity contribution in [2.24, 2.45) is 0 Å². The van der Waals surface area contributed by atoms with E-state index >= 15 is 0 Å². The minimum absolute atomic E-state index is 0.203. The molecule has 0 spiro atoms. The summed E-state index contributed by atoms with van der Waals surface area (Å²) in [7, 11) is 1.62. The summed E-state index contributed by atoms with van der Waals surface area (Å²) < 4.78 is 7.05. The highest BCUT2D eigenvalue weighted by Gasteiger charge is 2.20. The van der Waals surface area contributed by atoms with Crippen molar-refractivity contribution in [3.8, 4) is 11.4 Å². The number of hydrogen-bond donors (Lipinski definition) is 1. The lowest BCUT2D eigenvalue weighted by atomic mass is 10.2. The SMILES string of the molecule is CCC(O)c1nc(C(C)C)nn1-c1ccccc1OC. The van der Waals surface area contributed by atoms with Crippen molar-refractivity contribution < 1.29 is 9.84 Å². The predicted octanol–water partition coefficient (Wildman–Crippen LogP) is 2.84. The third-order valence-electron chi connectivity index (χ3n) is 3.16. The molecule has 108 valence electrons. The Bertz CT molecular complexity index is 578. The van der Waals surface area contributed by atoms with Gasteiger partial charge in [0.1, 0.15) is 17.5 Å². The molecule has 0 radical (unpaired) electrons. The number of aliphatic hydroxyl groups excluding tert-OH is 1. The van der Waals surface area contributed by atoms with E-state index in [1.165, 1.54) is 0 Å². The highest BCUT2D eigenvalue weighted by Crippen LogP contribution is 2.27. The Morgan fingerprint density at radius 1 is 1.30 bits per heavy atom. The fourth-order valence-electron chi connectivity index (χ4n) is 1.97. The van der Waals surface area contributed by atoms with Gasteiger partial charge in [0.15, 0.2) is 11.6 Å². The average Bonchev–Trinajstić information content (AvgIpc) is 2.91. The molecule has 1 unspecified atom stereocenters. The van der Waals surface area contributed by atoms with Crippen molar-refractivity contribution in [2.75, 3.05) is 7.11 Å². The van der Waals surface area contributed by atoms with Crippen molar-refractivity contribution in [2.45, 2.75) is 39.2 Å². The fraction of sp³-hybridized carbons (Fsp3) is 0.467. The second-order valence-electron chi connectivity index (χ2n) is 4.99. The van der Waals surface area contributed by atoms with E-state index in [2.05, 4.69) is 10.1 Å². The van der Waals surface area contributed by atoms with Gasteiger partial charge in [-0.15, -0.1) is 0 Å². The van der Waals surface area contributed by atoms with Gasteiger partial charge in [-0.2, -0.15) is 5.10 Å². The van der Waals surface area contributed by atoms with Crippen LogP contribution < -0.4 is 4.74 Å². The number of benzene rings is 1. The number of hydrogen-bond acceptors (Lipinski definition) is 4. The van der Waals surface area contributed by atoms with Crippen LogP contribution in [0.3, 0.4) is 0 Å². The average molecular weight is 275 g/mol. The minimum atomic E-state index is -0.639. The first kappa shape index (κ1) is 14.5. The van der Waals surface area contributed by atoms with Crippen LogP contribution >= 0.6 is 0 Å². The molecule has 0 bridgehead atoms. The summed E-state index contributed by atoms with van der Waals surface area (Å²) in [4.78, 5) is 4.48. The molecule has 1 atom stereocenters. The number of nitrogens with zero attached hydrogens (tertiary/aromatic N) is 3. The minimum Gasteiger partial charge on any atom is -0.494 e. The molecule has 5 heteroatoms. The summed E-state index contributed by atoms with van der Waals surface area (Å²) in [5, 5.41) is 14.7. The van der Waals surface area contributed by atoms with Crippen LogP contribution in [-0.2, 0) is 0 Å². The Balaban J connectivity index is 2.59. The monoisotopic (exact) mass is 275 g/mol. The van der Waals surface area contributed by atoms with Crippen LogP contribution in [0.15, 0.2) is 24.3 Å². The van der Waals surface area contributed by atoms with Gasteiger partial charge in [-0.3, -0.25) is 0 Å². The first-order chi connectivity index (χ1) is 9.58. The number of para-hydroxylation sites is 2. The van der Waals surface area contributed by atoms with Gasteiger partial charge in [0.2, 0.25) is 0 Å². The van der Waals surface area contributed by atoms with Crippen molar-refractivity contribution in [1.29, 1.82) is 0 Å². The Kier molecular flexibility index (Phi) is 4.39. The molecule has 0 aliphatic heterocycles. The third-order valence-corrected chi connectivity index (χ3v) is 3.16. The van der Waals surface area contributed by atoms with E-state index in [0.29, 0.717) is 18.0 Å². The Morgan fingerprint density at radius 2 is 2.00 bits per heavy atom. The van der Waals surface area contributed by atoms with Crippen LogP contribution in [0, 0.1) is 0 Å². The molecule has 0 amide bonds. The highest BCUT2D eigenvalue weighted by atomic mass is 16.5. The van der Waals surface area contributed by atoms with Crippen LogP contribution in [0.4, 0.5) is 0 Å². The lowest BCUT2D eigenvalue weighted by molar-refractivity contribution is 0.161. The molecule has 1 heterocycles. The summed E-state index contributed by atoms with van der Waals surface area (Å²) in [6, 6.07) is 7.59. The molecular weight excluding hydrogens is 254 g/mol. The van der Waals surface area contributed by atoms with E-state index in [1.54, 1.807) is 11.8 Å². The maximum atomic E-state index is 10.2. The topological polar surface area (TPSA) is 60.2 Å². The zero-order valence-electron chi connectivity index (χ0n) is 12.4. The smallest absolute Gasteiger partial charge is 0.161 e. The van der Waals surface area contributed by atoms with E-state index in [1.807, 2.05) is 45.0 Å². The van der Waals surface area contributed by atoms with Gasteiger partial charge < -0.3 is 9.84 Å². The van der Waals surface area contributed by atoms with Crippen molar-refractivity contribution >= 4 is 0 Å². The molecule has 0 aliphatic carbocycles. The van der Waals surface area contributed by atoms with Crippen LogP contribution in [0.1, 0.15) is 50.9 Å². The quantitative estimate of drug-likeness (QED) is 0.911. The normalized spacial score (nSPS) is 12.7. The maximum absolute atomic E-state index is 10.2. The Morgan fingerprint density at radius 3 is 2.60 bits per heavy atom. The van der Waals surface area contributed by atoms with E-state index in [0.717, 1.165) is 11.5 Å². The summed E-state index contributed by atoms with van der Waals surface area (Å²) in [6.07, 6.45) is -0.0503. The maximum Gasteiger partial charge on any atom is 0.161 e. The van der Waals surface area contributed by atoms with E-state index < -0.39 is 6.10 Å². The number of methoxy groups -OCH3 is 1. The van der Waals surface area contributed by atoms with Crippen LogP contribution in [0.2, 0.25) is 0 Å². The summed E-state index contributed by atoms with van der Waals surface area (Å²) in [6.45, 7) is 5.98. The van der Waals surface area contributed by atoms with Gasteiger partial charge in [-0.25, -0.2) is 9.67 Å². The molecular formula is C15H21N3O2. The number of aliphatic hydroxyl groups is 1. The summed E-state index contributed by atoms with van der Waals surface area (Å²) in [5.74, 6) is 2.19. The van der Waals surface area contributed by atoms with Crippen LogP contribution in [0.5, 0.6) is 5.75 Å². The molecule has 20 heavy (non-hydrogen) atoms. The van der Waals surface area contributed by atoms with Gasteiger partial charge in [0.05, 0.1) is 7.11 Å². The first-order valence-corrected chi connectivity index (χ1v) is 6.86. The summed E-state index contributed by atoms with van der Waals surface area (Å²) >= 11 is 0. The second kappa shape index (κ2) is 6.05. The van der Waals surface area contributed by atoms with E-state index in [4.69, 9.17) is 4.74 Å². The van der Waals surface area contributed by atoms with Gasteiger partial charge in [-0.1, -0.05) is 32.9 Å². The molecule has 0 aliphatic rings. The van der Waals surface area contributed by atoms with Gasteiger partial charge in [0, 0.05) is 5.92 Å². The summed E-state index contributed by atoms with van der Waals surface area (Å²) in [5.41, 5.74) is 0.789. The van der Waals surface area contributed by atoms with Crippen molar-refractivity contribution in [3.63, 3.8) is 0 Å². The molecule has 2 aromatic rings. The van der Waals surface area contributed by atoms with E-state index in [-0.39, 0.29) is 5.92 Å². The number of ether oxygens (including phenoxy) is 1. The Labute approximate surface area is 119 Å². The molecule has 5 nitrogen and oxygen atoms in total. The fourth-order valence-corrected chi connectivity index (χ4v) is 1.97. The molecule has 0 saturated heterocycles. The first-order valence-electron chi connectivity index (χ1n) is 6.86. The Hall–Kier alpha value is -1.88. The largest absolute Gasteiger partial charge is 0.494 e. The second-order valence-corrected chi connectivity index (χ2v) is 4.99. The highest BCUT2D eigenvalue weighted by molar-refractivity contribution is 5.46. The molecule has 2 rings (SSSR count). The number of aromatic nitrogens is 3. The molecule has 1 aromatic heterocycles. The lowest BCUT2D eigenvalue weighted by Crippen LogP contribution is -2.09. The molecule has 0 fully saturated rings. The van der Waals surface area contributed by atoms with Crippen LogP contribution in [0.25, 0.3) is 5.69 Å². The molecule has 0 saturated carbocycles. The van der Waals surface area contributed by atoms with Gasteiger partial charge >= 0.3 is 0 Å². The van der Waals surface area contributed by atoms with Crippen molar-refractivity contribution in [3.05, 3.63) is 35.9 Å². The van der Waals surface area contributed by atoms with Crippen LogP contribution in [-0.4, -0.2) is 27.0 Å². The van der Waals surface area contributed by atoms with Crippen molar-refractivity contribution in [1.82, 2.24) is 14.8 Å². The predicted molar refractivity (Wildman–Crippen MR) is 77.3 cm³/mol. The third kappa shape index (κ3) is 2.67. The lowest BCUT2D eigenvalue weighted by Gasteiger charge is -2.12. The van der Waals surface area contributed by atoms with E-state index in [9.17, 15) is 5.11 Å². The molecule has 1 aromatic carbocycles. The zero-order valence-corrected chi connectivity index (χ0v) is 12.4. The van der Waals surface area contributed by atoms with Gasteiger partial charge in [-0.05, 0) is 18.6 Å². The van der Waals surface area contributed by atoms with Gasteiger partial charge in [0.25, 0.3) is 0 Å².